The van der Waals surface area contributed by atoms with Crippen LogP contribution in [0.3, 0.4) is 0 Å². The highest BCUT2D eigenvalue weighted by Crippen LogP contribution is 2.28. The van der Waals surface area contributed by atoms with E-state index in [0.717, 1.165) is 0 Å². The Labute approximate surface area is 100 Å². The molecule has 0 aliphatic heterocycles. The van der Waals surface area contributed by atoms with Crippen molar-refractivity contribution in [3.63, 3.8) is 0 Å². The van der Waals surface area contributed by atoms with Gasteiger partial charge in [0.1, 0.15) is 0 Å². The van der Waals surface area contributed by atoms with Crippen LogP contribution in [0.4, 0.5) is 0 Å². The van der Waals surface area contributed by atoms with Gasteiger partial charge in [0.05, 0.1) is 15.6 Å². The lowest BCUT2D eigenvalue weighted by molar-refractivity contribution is 0.0900. The largest absolute Gasteiger partial charge is 0.294 e. The molecule has 0 aliphatic rings. The Hall–Kier alpha value is -0.530. The summed E-state index contributed by atoms with van der Waals surface area (Å²) < 4.78 is 0. The molecule has 0 saturated carbocycles. The minimum Gasteiger partial charge on any atom is -0.294 e. The number of hydrogen-bond donors (Lipinski definition) is 0. The van der Waals surface area contributed by atoms with E-state index < -0.39 is 0 Å². The first kappa shape index (κ1) is 12.5. The van der Waals surface area contributed by atoms with E-state index in [-0.39, 0.29) is 17.6 Å². The molecule has 1 atom stereocenters. The zero-order valence-corrected chi connectivity index (χ0v) is 10.6. The third-order valence-electron chi connectivity index (χ3n) is 2.62. The lowest BCUT2D eigenvalue weighted by Crippen LogP contribution is -2.17. The van der Waals surface area contributed by atoms with Crippen LogP contribution in [0.2, 0.25) is 10.0 Å². The maximum atomic E-state index is 12.1. The second-order valence-corrected chi connectivity index (χ2v) is 4.81. The molecule has 0 radical (unpaired) electrons. The highest BCUT2D eigenvalue weighted by molar-refractivity contribution is 6.39. The molecule has 1 unspecified atom stereocenters. The van der Waals surface area contributed by atoms with Gasteiger partial charge in [-0.3, -0.25) is 4.79 Å². The molecule has 0 aromatic heterocycles. The molecule has 3 heteroatoms. The van der Waals surface area contributed by atoms with Crippen LogP contribution in [0.1, 0.15) is 31.1 Å². The van der Waals surface area contributed by atoms with Gasteiger partial charge in [-0.2, -0.15) is 0 Å². The van der Waals surface area contributed by atoms with Gasteiger partial charge in [-0.1, -0.05) is 50.0 Å². The lowest BCUT2D eigenvalue weighted by atomic mass is 9.90. The molecule has 1 aromatic rings. The summed E-state index contributed by atoms with van der Waals surface area (Å²) in [5, 5.41) is 0.861. The van der Waals surface area contributed by atoms with Gasteiger partial charge in [0, 0.05) is 5.92 Å². The fraction of sp³-hybridized carbons (Fsp3) is 0.417. The van der Waals surface area contributed by atoms with Gasteiger partial charge in [-0.05, 0) is 18.1 Å². The summed E-state index contributed by atoms with van der Waals surface area (Å²) in [6.07, 6.45) is 0. The molecule has 0 amide bonds. The quantitative estimate of drug-likeness (QED) is 0.718. The van der Waals surface area contributed by atoms with Crippen LogP contribution in [0.15, 0.2) is 18.2 Å². The lowest BCUT2D eigenvalue weighted by Gasteiger charge is -2.15. The van der Waals surface area contributed by atoms with Crippen LogP contribution in [0.5, 0.6) is 0 Å². The molecule has 15 heavy (non-hydrogen) atoms. The summed E-state index contributed by atoms with van der Waals surface area (Å²) in [7, 11) is 0. The summed E-state index contributed by atoms with van der Waals surface area (Å²) >= 11 is 11.9. The van der Waals surface area contributed by atoms with E-state index in [9.17, 15) is 4.79 Å². The van der Waals surface area contributed by atoms with E-state index >= 15 is 0 Å². The Morgan fingerprint density at radius 2 is 1.60 bits per heavy atom. The fourth-order valence-electron chi connectivity index (χ4n) is 1.26. The molecular weight excluding hydrogens is 231 g/mol. The second kappa shape index (κ2) is 5.00. The SMILES string of the molecule is CC(C)C(C)C(=O)c1c(Cl)cccc1Cl. The van der Waals surface area contributed by atoms with Crippen LogP contribution in [0.25, 0.3) is 0 Å². The van der Waals surface area contributed by atoms with Gasteiger partial charge in [-0.15, -0.1) is 0 Å². The zero-order chi connectivity index (χ0) is 11.6. The number of carbonyl (C=O) groups is 1. The van der Waals surface area contributed by atoms with Crippen LogP contribution in [-0.2, 0) is 0 Å². The maximum Gasteiger partial charge on any atom is 0.168 e. The van der Waals surface area contributed by atoms with Gasteiger partial charge in [0.15, 0.2) is 5.78 Å². The molecule has 1 aromatic carbocycles. The van der Waals surface area contributed by atoms with Crippen LogP contribution in [-0.4, -0.2) is 5.78 Å². The highest BCUT2D eigenvalue weighted by atomic mass is 35.5. The highest BCUT2D eigenvalue weighted by Gasteiger charge is 2.22. The third-order valence-corrected chi connectivity index (χ3v) is 3.25. The minimum absolute atomic E-state index is 0.0144. The van der Waals surface area contributed by atoms with E-state index in [1.54, 1.807) is 18.2 Å². The fourth-order valence-corrected chi connectivity index (χ4v) is 1.85. The monoisotopic (exact) mass is 244 g/mol. The van der Waals surface area contributed by atoms with Crippen LogP contribution < -0.4 is 0 Å². The minimum atomic E-state index is -0.0672. The van der Waals surface area contributed by atoms with Gasteiger partial charge in [-0.25, -0.2) is 0 Å². The van der Waals surface area contributed by atoms with Gasteiger partial charge in [0.2, 0.25) is 0 Å². The molecule has 82 valence electrons. The first-order valence-electron chi connectivity index (χ1n) is 4.93. The molecule has 0 spiro atoms. The molecule has 0 N–H and O–H groups in total. The summed E-state index contributed by atoms with van der Waals surface area (Å²) in [4.78, 5) is 12.1. The molecule has 0 aliphatic carbocycles. The Morgan fingerprint density at radius 3 is 2.00 bits per heavy atom. The Balaban J connectivity index is 3.11. The van der Waals surface area contributed by atoms with Gasteiger partial charge in [0.25, 0.3) is 0 Å². The predicted molar refractivity (Wildman–Crippen MR) is 64.8 cm³/mol. The second-order valence-electron chi connectivity index (χ2n) is 3.99. The molecular formula is C12H14Cl2O. The summed E-state index contributed by atoms with van der Waals surface area (Å²) in [6.45, 7) is 5.91. The van der Waals surface area contributed by atoms with E-state index in [1.807, 2.05) is 20.8 Å². The maximum absolute atomic E-state index is 12.1. The van der Waals surface area contributed by atoms with Crippen molar-refractivity contribution in [2.45, 2.75) is 20.8 Å². The normalized spacial score (nSPS) is 12.9. The van der Waals surface area contributed by atoms with E-state index in [2.05, 4.69) is 0 Å². The summed E-state index contributed by atoms with van der Waals surface area (Å²) in [6, 6.07) is 5.11. The first-order valence-corrected chi connectivity index (χ1v) is 5.69. The average Bonchev–Trinajstić information content (AvgIpc) is 2.15. The number of benzene rings is 1. The number of Topliss-reactive ketones (excluding diaryl/α,β-unsaturated/α-hetero) is 1. The molecule has 0 fully saturated rings. The van der Waals surface area contributed by atoms with Crippen molar-refractivity contribution in [3.05, 3.63) is 33.8 Å². The van der Waals surface area contributed by atoms with Crippen molar-refractivity contribution in [3.8, 4) is 0 Å². The van der Waals surface area contributed by atoms with E-state index in [0.29, 0.717) is 15.6 Å². The van der Waals surface area contributed by atoms with Crippen LogP contribution in [0, 0.1) is 11.8 Å². The third kappa shape index (κ3) is 2.73. The first-order chi connectivity index (χ1) is 6.95. The van der Waals surface area contributed by atoms with Crippen molar-refractivity contribution in [1.29, 1.82) is 0 Å². The Kier molecular flexibility index (Phi) is 4.18. The smallest absolute Gasteiger partial charge is 0.168 e. The van der Waals surface area contributed by atoms with Gasteiger partial charge >= 0.3 is 0 Å². The van der Waals surface area contributed by atoms with Crippen molar-refractivity contribution >= 4 is 29.0 Å². The van der Waals surface area contributed by atoms with Crippen molar-refractivity contribution in [2.75, 3.05) is 0 Å². The number of carbonyl (C=O) groups excluding carboxylic acids is 1. The molecule has 0 bridgehead atoms. The van der Waals surface area contributed by atoms with Gasteiger partial charge < -0.3 is 0 Å². The van der Waals surface area contributed by atoms with E-state index in [4.69, 9.17) is 23.2 Å². The van der Waals surface area contributed by atoms with Crippen LogP contribution >= 0.6 is 23.2 Å². The Bertz CT molecular complexity index is 352. The average molecular weight is 245 g/mol. The zero-order valence-electron chi connectivity index (χ0n) is 9.05. The molecule has 1 nitrogen and oxygen atoms in total. The standard InChI is InChI=1S/C12H14Cl2O/c1-7(2)8(3)12(15)11-9(13)5-4-6-10(11)14/h4-8H,1-3H3. The van der Waals surface area contributed by atoms with Crippen molar-refractivity contribution in [1.82, 2.24) is 0 Å². The Morgan fingerprint density at radius 1 is 1.13 bits per heavy atom. The molecule has 1 rings (SSSR count). The summed E-state index contributed by atoms with van der Waals surface area (Å²) in [5.74, 6) is 0.229. The number of rotatable bonds is 3. The topological polar surface area (TPSA) is 17.1 Å². The number of ketones is 1. The predicted octanol–water partition coefficient (Wildman–Crippen LogP) is 4.47. The van der Waals surface area contributed by atoms with E-state index in [1.165, 1.54) is 0 Å². The molecule has 0 saturated heterocycles. The number of halogens is 2. The summed E-state index contributed by atoms with van der Waals surface area (Å²) in [5.41, 5.74) is 0.446. The molecule has 0 heterocycles. The van der Waals surface area contributed by atoms with Crippen molar-refractivity contribution in [2.24, 2.45) is 11.8 Å². The number of hydrogen-bond acceptors (Lipinski definition) is 1. The van der Waals surface area contributed by atoms with Crippen molar-refractivity contribution < 1.29 is 4.79 Å².